The fourth-order valence-corrected chi connectivity index (χ4v) is 3.29. The van der Waals surface area contributed by atoms with E-state index < -0.39 is 0 Å². The summed E-state index contributed by atoms with van der Waals surface area (Å²) in [6, 6.07) is 19.7. The summed E-state index contributed by atoms with van der Waals surface area (Å²) in [6.07, 6.45) is 0. The minimum Gasteiger partial charge on any atom is -0.497 e. The van der Waals surface area contributed by atoms with Crippen LogP contribution in [-0.2, 0) is 0 Å². The highest BCUT2D eigenvalue weighted by Gasteiger charge is 2.26. The van der Waals surface area contributed by atoms with Crippen LogP contribution >= 0.6 is 0 Å². The lowest BCUT2D eigenvalue weighted by Gasteiger charge is -2.23. The Morgan fingerprint density at radius 3 is 1.34 bits per heavy atom. The molecule has 29 heavy (non-hydrogen) atoms. The van der Waals surface area contributed by atoms with Gasteiger partial charge in [-0.25, -0.2) is 0 Å². The van der Waals surface area contributed by atoms with Gasteiger partial charge in [0, 0.05) is 5.56 Å². The maximum atomic E-state index is 5.75. The average molecular weight is 393 g/mol. The second-order valence-electron chi connectivity index (χ2n) is 6.21. The Hall–Kier alpha value is -3.34. The Bertz CT molecular complexity index is 885. The van der Waals surface area contributed by atoms with Crippen molar-refractivity contribution in [3.8, 4) is 28.7 Å². The van der Waals surface area contributed by atoms with Crippen molar-refractivity contribution in [2.75, 3.05) is 35.5 Å². The molecule has 0 heterocycles. The van der Waals surface area contributed by atoms with Gasteiger partial charge in [-0.05, 0) is 41.5 Å². The molecule has 151 valence electrons. The summed E-state index contributed by atoms with van der Waals surface area (Å²) in [7, 11) is 8.14. The zero-order valence-electron chi connectivity index (χ0n) is 17.3. The third-order valence-corrected chi connectivity index (χ3v) is 4.73. The summed E-state index contributed by atoms with van der Waals surface area (Å²) >= 11 is 0. The highest BCUT2D eigenvalue weighted by molar-refractivity contribution is 5.68. The molecule has 0 saturated carbocycles. The van der Waals surface area contributed by atoms with Crippen molar-refractivity contribution < 1.29 is 23.7 Å². The van der Waals surface area contributed by atoms with Crippen LogP contribution in [0.25, 0.3) is 0 Å². The second-order valence-corrected chi connectivity index (χ2v) is 6.21. The van der Waals surface area contributed by atoms with Crippen LogP contribution in [0.5, 0.6) is 28.7 Å². The molecule has 0 bridgehead atoms. The lowest BCUT2D eigenvalue weighted by Crippen LogP contribution is -2.08. The SMILES string of the molecule is COc1ccc([C](c2ccc(OC)cc2)c2ccc(OC)c(OC)c2OC)cc1. The van der Waals surface area contributed by atoms with Gasteiger partial charge < -0.3 is 23.7 Å². The zero-order valence-corrected chi connectivity index (χ0v) is 17.3. The minimum atomic E-state index is 0.548. The van der Waals surface area contributed by atoms with Gasteiger partial charge in [-0.15, -0.1) is 0 Å². The van der Waals surface area contributed by atoms with Crippen LogP contribution in [0, 0.1) is 5.92 Å². The maximum Gasteiger partial charge on any atom is 0.203 e. The molecular weight excluding hydrogens is 368 g/mol. The van der Waals surface area contributed by atoms with Crippen molar-refractivity contribution in [1.82, 2.24) is 0 Å². The van der Waals surface area contributed by atoms with Gasteiger partial charge in [0.1, 0.15) is 11.5 Å². The predicted octanol–water partition coefficient (Wildman–Crippen LogP) is 4.75. The van der Waals surface area contributed by atoms with E-state index in [1.54, 1.807) is 35.5 Å². The maximum absolute atomic E-state index is 5.75. The molecule has 3 aromatic rings. The number of hydrogen-bond acceptors (Lipinski definition) is 5. The molecule has 0 saturated heterocycles. The summed E-state index contributed by atoms with van der Waals surface area (Å²) in [4.78, 5) is 0. The monoisotopic (exact) mass is 393 g/mol. The van der Waals surface area contributed by atoms with Crippen LogP contribution in [0.4, 0.5) is 0 Å². The smallest absolute Gasteiger partial charge is 0.203 e. The second kappa shape index (κ2) is 9.24. The summed E-state index contributed by atoms with van der Waals surface area (Å²) in [6.45, 7) is 0. The first kappa shape index (κ1) is 20.4. The van der Waals surface area contributed by atoms with E-state index in [0.29, 0.717) is 17.2 Å². The quantitative estimate of drug-likeness (QED) is 0.517. The third kappa shape index (κ3) is 4.09. The van der Waals surface area contributed by atoms with Gasteiger partial charge in [-0.1, -0.05) is 30.3 Å². The van der Waals surface area contributed by atoms with E-state index in [2.05, 4.69) is 0 Å². The minimum absolute atomic E-state index is 0.548. The molecule has 0 aliphatic rings. The molecule has 0 spiro atoms. The first-order valence-electron chi connectivity index (χ1n) is 9.12. The molecule has 0 aromatic heterocycles. The fourth-order valence-electron chi connectivity index (χ4n) is 3.29. The predicted molar refractivity (Wildman–Crippen MR) is 113 cm³/mol. The van der Waals surface area contributed by atoms with Crippen molar-refractivity contribution in [2.24, 2.45) is 0 Å². The van der Waals surface area contributed by atoms with E-state index in [4.69, 9.17) is 23.7 Å². The van der Waals surface area contributed by atoms with Crippen LogP contribution in [0.3, 0.4) is 0 Å². The van der Waals surface area contributed by atoms with Gasteiger partial charge in [0.05, 0.1) is 41.5 Å². The Morgan fingerprint density at radius 1 is 0.483 bits per heavy atom. The molecule has 5 nitrogen and oxygen atoms in total. The molecule has 0 aliphatic heterocycles. The molecule has 0 atom stereocenters. The van der Waals surface area contributed by atoms with Gasteiger partial charge in [-0.3, -0.25) is 0 Å². The zero-order chi connectivity index (χ0) is 20.8. The van der Waals surface area contributed by atoms with E-state index in [1.807, 2.05) is 60.7 Å². The van der Waals surface area contributed by atoms with E-state index in [9.17, 15) is 0 Å². The van der Waals surface area contributed by atoms with Crippen LogP contribution < -0.4 is 23.7 Å². The molecular formula is C24H25O5. The van der Waals surface area contributed by atoms with Gasteiger partial charge in [0.25, 0.3) is 0 Å². The third-order valence-electron chi connectivity index (χ3n) is 4.73. The summed E-state index contributed by atoms with van der Waals surface area (Å²) in [5, 5.41) is 0. The van der Waals surface area contributed by atoms with Gasteiger partial charge in [-0.2, -0.15) is 0 Å². The molecule has 3 rings (SSSR count). The lowest BCUT2D eigenvalue weighted by molar-refractivity contribution is 0.323. The molecule has 5 heteroatoms. The van der Waals surface area contributed by atoms with Crippen LogP contribution in [0.1, 0.15) is 16.7 Å². The number of ether oxygens (including phenoxy) is 5. The summed E-state index contributed by atoms with van der Waals surface area (Å²) in [5.41, 5.74) is 2.92. The van der Waals surface area contributed by atoms with Crippen molar-refractivity contribution in [3.63, 3.8) is 0 Å². The Morgan fingerprint density at radius 2 is 0.966 bits per heavy atom. The first-order chi connectivity index (χ1) is 14.2. The number of methoxy groups -OCH3 is 5. The van der Waals surface area contributed by atoms with Gasteiger partial charge in [0.2, 0.25) is 5.75 Å². The van der Waals surface area contributed by atoms with Gasteiger partial charge in [0.15, 0.2) is 11.5 Å². The standard InChI is InChI=1S/C24H25O5/c1-25-18-10-6-16(7-11-18)22(17-8-12-19(26-2)13-9-17)20-14-15-21(27-3)24(29-5)23(20)28-4/h6-15H,1-5H3. The number of benzene rings is 3. The Labute approximate surface area is 171 Å². The Kier molecular flexibility index (Phi) is 6.50. The van der Waals surface area contributed by atoms with E-state index in [-0.39, 0.29) is 0 Å². The van der Waals surface area contributed by atoms with Crippen molar-refractivity contribution in [2.45, 2.75) is 0 Å². The number of hydrogen-bond donors (Lipinski definition) is 0. The summed E-state index contributed by atoms with van der Waals surface area (Å²) < 4.78 is 27.4. The molecule has 0 amide bonds. The van der Waals surface area contributed by atoms with Crippen molar-refractivity contribution >= 4 is 0 Å². The highest BCUT2D eigenvalue weighted by atomic mass is 16.5. The summed E-state index contributed by atoms with van der Waals surface area (Å²) in [5.74, 6) is 4.34. The topological polar surface area (TPSA) is 46.2 Å². The molecule has 3 aromatic carbocycles. The fraction of sp³-hybridized carbons (Fsp3) is 0.208. The number of rotatable bonds is 8. The van der Waals surface area contributed by atoms with E-state index in [1.165, 1.54) is 0 Å². The van der Waals surface area contributed by atoms with Crippen LogP contribution in [0.15, 0.2) is 60.7 Å². The molecule has 0 fully saturated rings. The normalized spacial score (nSPS) is 10.6. The van der Waals surface area contributed by atoms with Crippen LogP contribution in [-0.4, -0.2) is 35.5 Å². The lowest BCUT2D eigenvalue weighted by atomic mass is 9.84. The largest absolute Gasteiger partial charge is 0.497 e. The first-order valence-corrected chi connectivity index (χ1v) is 9.12. The average Bonchev–Trinajstić information content (AvgIpc) is 2.79. The van der Waals surface area contributed by atoms with Crippen molar-refractivity contribution in [3.05, 3.63) is 83.3 Å². The van der Waals surface area contributed by atoms with E-state index in [0.717, 1.165) is 34.1 Å². The van der Waals surface area contributed by atoms with Crippen LogP contribution in [0.2, 0.25) is 0 Å². The molecule has 0 N–H and O–H groups in total. The Balaban J connectivity index is 2.21. The van der Waals surface area contributed by atoms with Crippen molar-refractivity contribution in [1.29, 1.82) is 0 Å². The molecule has 0 unspecified atom stereocenters. The molecule has 0 aliphatic carbocycles. The van der Waals surface area contributed by atoms with E-state index >= 15 is 0 Å². The molecule has 1 radical (unpaired) electrons. The van der Waals surface area contributed by atoms with Gasteiger partial charge >= 0.3 is 0 Å². The highest BCUT2D eigenvalue weighted by Crippen LogP contribution is 2.46.